The molecule has 59 heavy (non-hydrogen) atoms. The second-order valence-electron chi connectivity index (χ2n) is 19.0. The number of hydrogen-bond acceptors (Lipinski definition) is 5. The number of rotatable bonds is 50. The largest absolute Gasteiger partial charge is 0.382 e. The van der Waals surface area contributed by atoms with Gasteiger partial charge in [-0.25, -0.2) is 0 Å². The lowest BCUT2D eigenvalue weighted by Crippen LogP contribution is -2.54. The Hall–Kier alpha value is -1.07. The van der Waals surface area contributed by atoms with Crippen LogP contribution in [0.3, 0.4) is 0 Å². The lowest BCUT2D eigenvalue weighted by atomic mass is 9.80. The molecule has 0 aromatic heterocycles. The highest BCUT2D eigenvalue weighted by molar-refractivity contribution is 5.99. The van der Waals surface area contributed by atoms with E-state index in [1.807, 2.05) is 0 Å². The Morgan fingerprint density at radius 3 is 0.831 bits per heavy atom. The third-order valence-electron chi connectivity index (χ3n) is 13.1. The van der Waals surface area contributed by atoms with Crippen LogP contribution in [-0.2, 0) is 14.4 Å². The van der Waals surface area contributed by atoms with Crippen LogP contribution in [0, 0.1) is 0 Å². The quantitative estimate of drug-likeness (QED) is 0.0596. The summed E-state index contributed by atoms with van der Waals surface area (Å²) in [6, 6.07) is 0. The van der Waals surface area contributed by atoms with Crippen molar-refractivity contribution in [1.82, 2.24) is 0 Å². The molecule has 0 aromatic rings. The monoisotopic (exact) mass is 833 g/mol. The van der Waals surface area contributed by atoms with Gasteiger partial charge in [-0.05, 0) is 19.3 Å². The van der Waals surface area contributed by atoms with E-state index in [9.17, 15) is 24.6 Å². The molecular weight excluding hydrogens is 729 g/mol. The lowest BCUT2D eigenvalue weighted by Gasteiger charge is -2.30. The van der Waals surface area contributed by atoms with Crippen LogP contribution in [0.25, 0.3) is 0 Å². The lowest BCUT2D eigenvalue weighted by molar-refractivity contribution is -0.163. The molecule has 0 radical (unpaired) electrons. The van der Waals surface area contributed by atoms with Gasteiger partial charge in [0, 0.05) is 25.7 Å². The van der Waals surface area contributed by atoms with E-state index < -0.39 is 29.7 Å². The summed E-state index contributed by atoms with van der Waals surface area (Å²) in [5.74, 6) is -1.25. The first-order chi connectivity index (χ1) is 28.8. The number of carbonyl (C=O) groups excluding carboxylic acids is 3. The summed E-state index contributed by atoms with van der Waals surface area (Å²) in [5.41, 5.74) is -2.31. The number of hydrogen-bond donors (Lipinski definition) is 2. The predicted molar refractivity (Wildman–Crippen MR) is 255 cm³/mol. The molecule has 0 heterocycles. The van der Waals surface area contributed by atoms with Gasteiger partial charge in [0.2, 0.25) is 0 Å². The van der Waals surface area contributed by atoms with Crippen LogP contribution in [0.1, 0.15) is 316 Å². The van der Waals surface area contributed by atoms with Gasteiger partial charge in [0.05, 0.1) is 0 Å². The van der Waals surface area contributed by atoms with Gasteiger partial charge in [-0.2, -0.15) is 0 Å². The van der Waals surface area contributed by atoms with Crippen LogP contribution in [0.15, 0.2) is 0 Å². The second-order valence-corrected chi connectivity index (χ2v) is 19.0. The van der Waals surface area contributed by atoms with Crippen LogP contribution < -0.4 is 0 Å². The molecule has 0 rings (SSSR count). The molecule has 2 atom stereocenters. The molecule has 0 amide bonds. The van der Waals surface area contributed by atoms with Gasteiger partial charge in [0.25, 0.3) is 0 Å². The number of Topliss-reactive ketones (excluding diaryl/α,β-unsaturated/α-hetero) is 3. The SMILES string of the molecule is CCCCCCCCCCCCCCCCC(=O)CC(O)(C(=O)CCCCCCCCCCCCCCCC)C(O)C(=O)CCCCCCCCCCCCCCCC. The fourth-order valence-corrected chi connectivity index (χ4v) is 8.85. The molecule has 0 saturated heterocycles. The first kappa shape index (κ1) is 57.9. The summed E-state index contributed by atoms with van der Waals surface area (Å²) in [6.45, 7) is 6.79. The fraction of sp³-hybridized carbons (Fsp3) is 0.944. The highest BCUT2D eigenvalue weighted by Crippen LogP contribution is 2.26. The van der Waals surface area contributed by atoms with Crippen molar-refractivity contribution in [1.29, 1.82) is 0 Å². The van der Waals surface area contributed by atoms with Gasteiger partial charge in [-0.3, -0.25) is 14.4 Å². The summed E-state index contributed by atoms with van der Waals surface area (Å²) in [5, 5.41) is 22.9. The maximum Gasteiger partial charge on any atom is 0.167 e. The van der Waals surface area contributed by atoms with E-state index in [1.165, 1.54) is 199 Å². The molecular formula is C54H104O5. The normalized spacial score (nSPS) is 13.2. The summed E-state index contributed by atoms with van der Waals surface area (Å²) in [4.78, 5) is 39.9. The van der Waals surface area contributed by atoms with E-state index in [1.54, 1.807) is 0 Å². The van der Waals surface area contributed by atoms with Gasteiger partial charge >= 0.3 is 0 Å². The molecule has 0 spiro atoms. The number of aliphatic hydroxyl groups excluding tert-OH is 1. The molecule has 0 aliphatic rings. The molecule has 2 N–H and O–H groups in total. The van der Waals surface area contributed by atoms with Gasteiger partial charge in [0.15, 0.2) is 17.2 Å². The first-order valence-electron chi connectivity index (χ1n) is 26.8. The van der Waals surface area contributed by atoms with E-state index in [0.29, 0.717) is 12.8 Å². The molecule has 0 aliphatic carbocycles. The molecule has 5 nitrogen and oxygen atoms in total. The number of aliphatic hydroxyl groups is 2. The zero-order valence-electron chi connectivity index (χ0n) is 40.2. The van der Waals surface area contributed by atoms with Crippen molar-refractivity contribution in [2.45, 2.75) is 328 Å². The Labute approximate surface area is 368 Å². The van der Waals surface area contributed by atoms with Crippen LogP contribution in [-0.4, -0.2) is 39.3 Å². The number of carbonyl (C=O) groups is 3. The molecule has 0 fully saturated rings. The molecule has 0 aromatic carbocycles. The van der Waals surface area contributed by atoms with E-state index >= 15 is 0 Å². The number of ketones is 3. The van der Waals surface area contributed by atoms with Crippen molar-refractivity contribution in [3.05, 3.63) is 0 Å². The van der Waals surface area contributed by atoms with Crippen LogP contribution in [0.4, 0.5) is 0 Å². The molecule has 5 heteroatoms. The zero-order valence-corrected chi connectivity index (χ0v) is 40.2. The average molecular weight is 833 g/mol. The van der Waals surface area contributed by atoms with Crippen LogP contribution >= 0.6 is 0 Å². The number of unbranched alkanes of at least 4 members (excludes halogenated alkanes) is 39. The summed E-state index contributed by atoms with van der Waals surface area (Å²) < 4.78 is 0. The van der Waals surface area contributed by atoms with Crippen molar-refractivity contribution in [2.75, 3.05) is 0 Å². The average Bonchev–Trinajstić information content (AvgIpc) is 3.23. The fourth-order valence-electron chi connectivity index (χ4n) is 8.85. The third-order valence-corrected chi connectivity index (χ3v) is 13.1. The van der Waals surface area contributed by atoms with Gasteiger partial charge < -0.3 is 10.2 Å². The van der Waals surface area contributed by atoms with Crippen LogP contribution in [0.2, 0.25) is 0 Å². The zero-order chi connectivity index (χ0) is 43.3. The Bertz CT molecular complexity index is 916. The van der Waals surface area contributed by atoms with E-state index in [-0.39, 0.29) is 25.0 Å². The second kappa shape index (κ2) is 45.0. The minimum atomic E-state index is -2.31. The van der Waals surface area contributed by atoms with Crippen molar-refractivity contribution in [3.63, 3.8) is 0 Å². The van der Waals surface area contributed by atoms with E-state index in [0.717, 1.165) is 57.8 Å². The Morgan fingerprint density at radius 2 is 0.559 bits per heavy atom. The maximum absolute atomic E-state index is 13.6. The summed E-state index contributed by atoms with van der Waals surface area (Å²) in [7, 11) is 0. The Balaban J connectivity index is 4.61. The van der Waals surface area contributed by atoms with Crippen molar-refractivity contribution >= 4 is 17.3 Å². The summed E-state index contributed by atoms with van der Waals surface area (Å²) >= 11 is 0. The van der Waals surface area contributed by atoms with Crippen molar-refractivity contribution in [3.8, 4) is 0 Å². The topological polar surface area (TPSA) is 91.7 Å². The van der Waals surface area contributed by atoms with Crippen LogP contribution in [0.5, 0.6) is 0 Å². The third kappa shape index (κ3) is 37.2. The Kier molecular flexibility index (Phi) is 44.2. The molecule has 350 valence electrons. The van der Waals surface area contributed by atoms with Crippen molar-refractivity contribution < 1.29 is 24.6 Å². The van der Waals surface area contributed by atoms with Gasteiger partial charge in [-0.15, -0.1) is 0 Å². The maximum atomic E-state index is 13.6. The summed E-state index contributed by atoms with van der Waals surface area (Å²) in [6.07, 6.45) is 49.5. The molecule has 2 unspecified atom stereocenters. The van der Waals surface area contributed by atoms with E-state index in [2.05, 4.69) is 20.8 Å². The standard InChI is InChI=1S/C54H104O5/c1-4-7-10-13-16-19-22-25-28-31-34-37-40-43-46-50(55)49-54(59,52(57)48-45-42-39-36-33-30-27-24-21-18-15-12-9-6-3)53(58)51(56)47-44-41-38-35-32-29-26-23-20-17-14-11-8-5-2/h53,58-59H,4-49H2,1-3H3. The molecule has 0 aliphatic heterocycles. The van der Waals surface area contributed by atoms with Gasteiger partial charge in [0.1, 0.15) is 11.9 Å². The minimum Gasteiger partial charge on any atom is -0.382 e. The first-order valence-corrected chi connectivity index (χ1v) is 26.8. The highest BCUT2D eigenvalue weighted by atomic mass is 16.4. The highest BCUT2D eigenvalue weighted by Gasteiger charge is 2.46. The minimum absolute atomic E-state index is 0.101. The predicted octanol–water partition coefficient (Wildman–Crippen LogP) is 16.8. The molecule has 0 saturated carbocycles. The Morgan fingerprint density at radius 1 is 0.339 bits per heavy atom. The molecule has 0 bridgehead atoms. The smallest absolute Gasteiger partial charge is 0.167 e. The van der Waals surface area contributed by atoms with E-state index in [4.69, 9.17) is 0 Å². The van der Waals surface area contributed by atoms with Gasteiger partial charge in [-0.1, -0.05) is 271 Å². The van der Waals surface area contributed by atoms with Crippen molar-refractivity contribution in [2.24, 2.45) is 0 Å².